The number of sulfonamides is 1. The van der Waals surface area contributed by atoms with Crippen LogP contribution < -0.4 is 10.6 Å². The third kappa shape index (κ3) is 5.23. The predicted molar refractivity (Wildman–Crippen MR) is 108 cm³/mol. The fourth-order valence-corrected chi connectivity index (χ4v) is 5.26. The lowest BCUT2D eigenvalue weighted by atomic mass is 10.1. The quantitative estimate of drug-likeness (QED) is 0.735. The standard InChI is InChI=1S/C19H30N4O4S/c1-5-6-20-17(24)13-21-19(25)22-7-9-23(10-8-22)28(26,27)18-15(3)11-14(2)12-16(18)4/h11-12H,5-10,13H2,1-4H3,(H,20,24)(H,21,25). The number of carbonyl (C=O) groups excluding carboxylic acids is 2. The van der Waals surface area contributed by atoms with Crippen LogP contribution in [0, 0.1) is 20.8 Å². The van der Waals surface area contributed by atoms with Gasteiger partial charge in [0.1, 0.15) is 0 Å². The molecule has 0 spiro atoms. The number of amides is 3. The highest BCUT2D eigenvalue weighted by molar-refractivity contribution is 7.89. The van der Waals surface area contributed by atoms with Gasteiger partial charge in [-0.2, -0.15) is 4.31 Å². The van der Waals surface area contributed by atoms with Crippen LogP contribution in [0.25, 0.3) is 0 Å². The largest absolute Gasteiger partial charge is 0.355 e. The van der Waals surface area contributed by atoms with E-state index in [1.807, 2.05) is 26.0 Å². The van der Waals surface area contributed by atoms with Crippen LogP contribution in [-0.4, -0.2) is 68.8 Å². The summed E-state index contributed by atoms with van der Waals surface area (Å²) in [6.45, 7) is 9.01. The fourth-order valence-electron chi connectivity index (χ4n) is 3.43. The van der Waals surface area contributed by atoms with Gasteiger partial charge in [0.05, 0.1) is 11.4 Å². The Labute approximate surface area is 167 Å². The molecule has 0 saturated carbocycles. The van der Waals surface area contributed by atoms with Crippen molar-refractivity contribution in [1.82, 2.24) is 19.8 Å². The molecule has 1 aromatic rings. The topological polar surface area (TPSA) is 98.8 Å². The summed E-state index contributed by atoms with van der Waals surface area (Å²) in [5, 5.41) is 5.27. The third-order valence-electron chi connectivity index (χ3n) is 4.70. The van der Waals surface area contributed by atoms with Crippen molar-refractivity contribution in [3.63, 3.8) is 0 Å². The van der Waals surface area contributed by atoms with Crippen molar-refractivity contribution >= 4 is 22.0 Å². The van der Waals surface area contributed by atoms with Crippen molar-refractivity contribution in [2.24, 2.45) is 0 Å². The molecule has 1 fully saturated rings. The second-order valence-electron chi connectivity index (χ2n) is 7.13. The maximum absolute atomic E-state index is 13.1. The number of rotatable bonds is 6. The van der Waals surface area contributed by atoms with Gasteiger partial charge in [-0.3, -0.25) is 4.79 Å². The van der Waals surface area contributed by atoms with E-state index in [2.05, 4.69) is 10.6 Å². The van der Waals surface area contributed by atoms with Crippen LogP contribution >= 0.6 is 0 Å². The molecule has 156 valence electrons. The molecule has 0 aliphatic carbocycles. The Bertz CT molecular complexity index is 807. The molecular weight excluding hydrogens is 380 g/mol. The molecule has 0 bridgehead atoms. The Morgan fingerprint density at radius 2 is 1.57 bits per heavy atom. The zero-order chi connectivity index (χ0) is 20.9. The van der Waals surface area contributed by atoms with Crippen molar-refractivity contribution < 1.29 is 18.0 Å². The number of carbonyl (C=O) groups is 2. The summed E-state index contributed by atoms with van der Waals surface area (Å²) in [6, 6.07) is 3.38. The summed E-state index contributed by atoms with van der Waals surface area (Å²) in [6.07, 6.45) is 0.829. The van der Waals surface area contributed by atoms with E-state index in [4.69, 9.17) is 0 Å². The highest BCUT2D eigenvalue weighted by Crippen LogP contribution is 2.26. The molecule has 2 N–H and O–H groups in total. The fraction of sp³-hybridized carbons (Fsp3) is 0.579. The van der Waals surface area contributed by atoms with E-state index in [1.165, 1.54) is 9.21 Å². The molecule has 1 saturated heterocycles. The van der Waals surface area contributed by atoms with Gasteiger partial charge >= 0.3 is 6.03 Å². The Morgan fingerprint density at radius 1 is 1.00 bits per heavy atom. The van der Waals surface area contributed by atoms with Gasteiger partial charge in [-0.25, -0.2) is 13.2 Å². The van der Waals surface area contributed by atoms with Gasteiger partial charge in [-0.1, -0.05) is 24.6 Å². The van der Waals surface area contributed by atoms with Crippen LogP contribution in [0.3, 0.4) is 0 Å². The lowest BCUT2D eigenvalue weighted by molar-refractivity contribution is -0.120. The van der Waals surface area contributed by atoms with Crippen LogP contribution in [0.4, 0.5) is 4.79 Å². The zero-order valence-corrected chi connectivity index (χ0v) is 17.9. The van der Waals surface area contributed by atoms with Crippen molar-refractivity contribution in [1.29, 1.82) is 0 Å². The van der Waals surface area contributed by atoms with Crippen LogP contribution in [-0.2, 0) is 14.8 Å². The Hall–Kier alpha value is -2.13. The second kappa shape index (κ2) is 9.38. The minimum atomic E-state index is -3.61. The van der Waals surface area contributed by atoms with E-state index < -0.39 is 10.0 Å². The summed E-state index contributed by atoms with van der Waals surface area (Å²) in [5.74, 6) is -0.235. The van der Waals surface area contributed by atoms with Crippen LogP contribution in [0.1, 0.15) is 30.0 Å². The highest BCUT2D eigenvalue weighted by atomic mass is 32.2. The number of aryl methyl sites for hydroxylation is 3. The van der Waals surface area contributed by atoms with E-state index in [1.54, 1.807) is 13.8 Å². The normalized spacial score (nSPS) is 15.4. The lowest BCUT2D eigenvalue weighted by Crippen LogP contribution is -2.54. The first-order valence-corrected chi connectivity index (χ1v) is 11.0. The van der Waals surface area contributed by atoms with Gasteiger partial charge in [0.2, 0.25) is 15.9 Å². The zero-order valence-electron chi connectivity index (χ0n) is 17.0. The maximum Gasteiger partial charge on any atom is 0.317 e. The van der Waals surface area contributed by atoms with Gasteiger partial charge in [-0.05, 0) is 38.3 Å². The first-order valence-electron chi connectivity index (χ1n) is 9.54. The molecule has 1 aliphatic rings. The number of hydrogen-bond donors (Lipinski definition) is 2. The van der Waals surface area contributed by atoms with Crippen molar-refractivity contribution in [3.05, 3.63) is 28.8 Å². The number of hydrogen-bond acceptors (Lipinski definition) is 4. The molecule has 1 aromatic carbocycles. The van der Waals surface area contributed by atoms with E-state index in [9.17, 15) is 18.0 Å². The molecule has 8 nitrogen and oxygen atoms in total. The first-order chi connectivity index (χ1) is 13.2. The predicted octanol–water partition coefficient (Wildman–Crippen LogP) is 1.15. The van der Waals surface area contributed by atoms with Crippen molar-refractivity contribution in [3.8, 4) is 0 Å². The first kappa shape index (κ1) is 22.2. The molecule has 1 aliphatic heterocycles. The summed E-state index contributed by atoms with van der Waals surface area (Å²) in [5.41, 5.74) is 2.49. The monoisotopic (exact) mass is 410 g/mol. The maximum atomic E-state index is 13.1. The molecular formula is C19H30N4O4S. The summed E-state index contributed by atoms with van der Waals surface area (Å²) >= 11 is 0. The molecule has 0 radical (unpaired) electrons. The van der Waals surface area contributed by atoms with E-state index >= 15 is 0 Å². The second-order valence-corrected chi connectivity index (χ2v) is 9.00. The Balaban J connectivity index is 1.96. The Kier molecular flexibility index (Phi) is 7.42. The molecule has 28 heavy (non-hydrogen) atoms. The van der Waals surface area contributed by atoms with Crippen LogP contribution in [0.5, 0.6) is 0 Å². The molecule has 0 aromatic heterocycles. The number of nitrogens with one attached hydrogen (secondary N) is 2. The number of urea groups is 1. The SMILES string of the molecule is CCCNC(=O)CNC(=O)N1CCN(S(=O)(=O)c2c(C)cc(C)cc2C)CC1. The average Bonchev–Trinajstić information content (AvgIpc) is 2.63. The minimum absolute atomic E-state index is 0.0842. The molecule has 0 atom stereocenters. The van der Waals surface area contributed by atoms with Crippen molar-refractivity contribution in [2.75, 3.05) is 39.3 Å². The lowest BCUT2D eigenvalue weighted by Gasteiger charge is -2.34. The van der Waals surface area contributed by atoms with E-state index in [0.29, 0.717) is 11.4 Å². The average molecular weight is 411 g/mol. The Morgan fingerprint density at radius 3 is 2.11 bits per heavy atom. The van der Waals surface area contributed by atoms with E-state index in [0.717, 1.165) is 23.1 Å². The summed E-state index contributed by atoms with van der Waals surface area (Å²) in [7, 11) is -3.61. The molecule has 3 amide bonds. The number of piperazine rings is 1. The van der Waals surface area contributed by atoms with Crippen molar-refractivity contribution in [2.45, 2.75) is 39.0 Å². The summed E-state index contributed by atoms with van der Waals surface area (Å²) < 4.78 is 27.6. The third-order valence-corrected chi connectivity index (χ3v) is 6.91. The summed E-state index contributed by atoms with van der Waals surface area (Å²) in [4.78, 5) is 25.7. The minimum Gasteiger partial charge on any atom is -0.355 e. The molecule has 9 heteroatoms. The number of benzene rings is 1. The molecule has 0 unspecified atom stereocenters. The molecule has 2 rings (SSSR count). The highest BCUT2D eigenvalue weighted by Gasteiger charge is 2.32. The van der Waals surface area contributed by atoms with Gasteiger partial charge in [0, 0.05) is 32.7 Å². The van der Waals surface area contributed by atoms with E-state index in [-0.39, 0.29) is 44.7 Å². The van der Waals surface area contributed by atoms with Gasteiger partial charge < -0.3 is 15.5 Å². The van der Waals surface area contributed by atoms with Crippen LogP contribution in [0.2, 0.25) is 0 Å². The molecule has 1 heterocycles. The van der Waals surface area contributed by atoms with Gasteiger partial charge in [-0.15, -0.1) is 0 Å². The van der Waals surface area contributed by atoms with Crippen LogP contribution in [0.15, 0.2) is 17.0 Å². The smallest absolute Gasteiger partial charge is 0.317 e. The van der Waals surface area contributed by atoms with Gasteiger partial charge in [0.15, 0.2) is 0 Å². The van der Waals surface area contributed by atoms with Gasteiger partial charge in [0.25, 0.3) is 0 Å². The number of nitrogens with zero attached hydrogens (tertiary/aromatic N) is 2.